The van der Waals surface area contributed by atoms with Gasteiger partial charge in [-0.25, -0.2) is 0 Å². The van der Waals surface area contributed by atoms with Gasteiger partial charge in [-0.1, -0.05) is 19.4 Å². The summed E-state index contributed by atoms with van der Waals surface area (Å²) in [5, 5.41) is 3.10. The van der Waals surface area contributed by atoms with Crippen molar-refractivity contribution in [2.45, 2.75) is 26.7 Å². The summed E-state index contributed by atoms with van der Waals surface area (Å²) < 4.78 is 10.9. The molecular weight excluding hydrogens is 314 g/mol. The molecule has 4 heteroatoms. The Balaban J connectivity index is 1.95. The van der Waals surface area contributed by atoms with Gasteiger partial charge in [0.25, 0.3) is 0 Å². The molecule has 0 radical (unpaired) electrons. The van der Waals surface area contributed by atoms with Crippen LogP contribution in [0.1, 0.15) is 35.7 Å². The summed E-state index contributed by atoms with van der Waals surface area (Å²) in [6.45, 7) is 4.83. The predicted molar refractivity (Wildman–Crippen MR) is 102 cm³/mol. The first-order valence-electron chi connectivity index (χ1n) is 8.49. The number of methoxy groups -OCH3 is 1. The molecule has 0 bridgehead atoms. The lowest BCUT2D eigenvalue weighted by molar-refractivity contribution is 0.104. The number of hydrogen-bond donors (Lipinski definition) is 1. The molecule has 0 unspecified atom stereocenters. The van der Waals surface area contributed by atoms with Gasteiger partial charge in [0.2, 0.25) is 0 Å². The Kier molecular flexibility index (Phi) is 7.08. The topological polar surface area (TPSA) is 47.6 Å². The molecule has 0 fully saturated rings. The number of aryl methyl sites for hydroxylation is 1. The molecule has 0 saturated heterocycles. The van der Waals surface area contributed by atoms with Gasteiger partial charge in [-0.2, -0.15) is 0 Å². The molecule has 0 saturated carbocycles. The second kappa shape index (κ2) is 9.52. The van der Waals surface area contributed by atoms with Gasteiger partial charge >= 0.3 is 0 Å². The highest BCUT2D eigenvalue weighted by atomic mass is 16.5. The highest BCUT2D eigenvalue weighted by molar-refractivity contribution is 6.04. The van der Waals surface area contributed by atoms with Crippen LogP contribution >= 0.6 is 0 Å². The number of carbonyl (C=O) groups is 1. The Bertz CT molecular complexity index is 720. The van der Waals surface area contributed by atoms with E-state index in [1.165, 1.54) is 6.08 Å². The Morgan fingerprint density at radius 1 is 1.16 bits per heavy atom. The van der Waals surface area contributed by atoms with Crippen molar-refractivity contribution >= 4 is 11.5 Å². The van der Waals surface area contributed by atoms with Crippen LogP contribution in [-0.4, -0.2) is 19.5 Å². The fourth-order valence-corrected chi connectivity index (χ4v) is 2.29. The number of ether oxygens (including phenoxy) is 2. The molecule has 1 N–H and O–H groups in total. The van der Waals surface area contributed by atoms with E-state index < -0.39 is 0 Å². The standard InChI is InChI=1S/C21H25NO3/c1-4-5-14-25-18-9-7-17(8-10-18)20(23)12-13-22-19-15-16(2)6-11-21(19)24-3/h6-13,15,22H,4-5,14H2,1-3H3/b13-12+. The minimum Gasteiger partial charge on any atom is -0.495 e. The van der Waals surface area contributed by atoms with E-state index in [1.54, 1.807) is 25.4 Å². The SMILES string of the molecule is CCCCOc1ccc(C(=O)/C=C/Nc2cc(C)ccc2OC)cc1. The molecule has 0 atom stereocenters. The number of unbranched alkanes of at least 4 members (excludes halogenated alkanes) is 1. The fourth-order valence-electron chi connectivity index (χ4n) is 2.29. The number of hydrogen-bond acceptors (Lipinski definition) is 4. The highest BCUT2D eigenvalue weighted by Crippen LogP contribution is 2.25. The summed E-state index contributed by atoms with van der Waals surface area (Å²) in [4.78, 5) is 12.2. The predicted octanol–water partition coefficient (Wildman–Crippen LogP) is 4.99. The van der Waals surface area contributed by atoms with E-state index in [1.807, 2.05) is 37.3 Å². The lowest BCUT2D eigenvalue weighted by Crippen LogP contribution is -1.99. The summed E-state index contributed by atoms with van der Waals surface area (Å²) in [6, 6.07) is 13.0. The van der Waals surface area contributed by atoms with E-state index in [4.69, 9.17) is 9.47 Å². The summed E-state index contributed by atoms with van der Waals surface area (Å²) in [5.74, 6) is 1.45. The van der Waals surface area contributed by atoms with Crippen molar-refractivity contribution in [1.82, 2.24) is 0 Å². The van der Waals surface area contributed by atoms with Gasteiger partial charge in [0, 0.05) is 17.8 Å². The average molecular weight is 339 g/mol. The van der Waals surface area contributed by atoms with Crippen molar-refractivity contribution in [1.29, 1.82) is 0 Å². The van der Waals surface area contributed by atoms with Crippen LogP contribution in [0.15, 0.2) is 54.7 Å². The Morgan fingerprint density at radius 2 is 1.92 bits per heavy atom. The van der Waals surface area contributed by atoms with Crippen molar-refractivity contribution in [3.8, 4) is 11.5 Å². The van der Waals surface area contributed by atoms with Crippen LogP contribution in [0, 0.1) is 6.92 Å². The second-order valence-electron chi connectivity index (χ2n) is 5.77. The number of nitrogens with one attached hydrogen (secondary N) is 1. The number of anilines is 1. The van der Waals surface area contributed by atoms with Crippen molar-refractivity contribution < 1.29 is 14.3 Å². The van der Waals surface area contributed by atoms with Gasteiger partial charge in [0.1, 0.15) is 11.5 Å². The third-order valence-corrected chi connectivity index (χ3v) is 3.73. The maximum absolute atomic E-state index is 12.2. The van der Waals surface area contributed by atoms with Gasteiger partial charge in [0.15, 0.2) is 5.78 Å². The molecule has 2 rings (SSSR count). The highest BCUT2D eigenvalue weighted by Gasteiger charge is 2.04. The van der Waals surface area contributed by atoms with Crippen molar-refractivity contribution in [2.75, 3.05) is 19.0 Å². The zero-order valence-electron chi connectivity index (χ0n) is 15.0. The average Bonchev–Trinajstić information content (AvgIpc) is 2.62. The van der Waals surface area contributed by atoms with E-state index >= 15 is 0 Å². The number of benzene rings is 2. The monoisotopic (exact) mass is 339 g/mol. The van der Waals surface area contributed by atoms with Crippen LogP contribution in [0.2, 0.25) is 0 Å². The van der Waals surface area contributed by atoms with Gasteiger partial charge < -0.3 is 14.8 Å². The molecule has 0 spiro atoms. The van der Waals surface area contributed by atoms with Crippen molar-refractivity contribution in [3.05, 3.63) is 65.9 Å². The van der Waals surface area contributed by atoms with E-state index in [0.29, 0.717) is 12.2 Å². The third-order valence-electron chi connectivity index (χ3n) is 3.73. The summed E-state index contributed by atoms with van der Waals surface area (Å²) >= 11 is 0. The molecule has 25 heavy (non-hydrogen) atoms. The Morgan fingerprint density at radius 3 is 2.60 bits per heavy atom. The first-order valence-corrected chi connectivity index (χ1v) is 8.49. The van der Waals surface area contributed by atoms with E-state index in [9.17, 15) is 4.79 Å². The van der Waals surface area contributed by atoms with Crippen LogP contribution in [0.4, 0.5) is 5.69 Å². The van der Waals surface area contributed by atoms with Gasteiger partial charge in [-0.3, -0.25) is 4.79 Å². The maximum atomic E-state index is 12.2. The number of rotatable bonds is 9. The van der Waals surface area contributed by atoms with Crippen LogP contribution in [0.5, 0.6) is 11.5 Å². The molecule has 0 amide bonds. The largest absolute Gasteiger partial charge is 0.495 e. The van der Waals surface area contributed by atoms with Crippen LogP contribution in [0.3, 0.4) is 0 Å². The maximum Gasteiger partial charge on any atom is 0.187 e. The van der Waals surface area contributed by atoms with Gasteiger partial charge in [0.05, 0.1) is 19.4 Å². The third kappa shape index (κ3) is 5.68. The molecule has 0 aromatic heterocycles. The normalized spacial score (nSPS) is 10.7. The first-order chi connectivity index (χ1) is 12.1. The summed E-state index contributed by atoms with van der Waals surface area (Å²) in [6.07, 6.45) is 5.26. The van der Waals surface area contributed by atoms with E-state index in [0.717, 1.165) is 35.6 Å². The van der Waals surface area contributed by atoms with Crippen LogP contribution < -0.4 is 14.8 Å². The smallest absolute Gasteiger partial charge is 0.187 e. The van der Waals surface area contributed by atoms with Crippen molar-refractivity contribution in [3.63, 3.8) is 0 Å². The minimum atomic E-state index is -0.0702. The molecule has 2 aromatic rings. The number of ketones is 1. The zero-order valence-corrected chi connectivity index (χ0v) is 15.0. The molecule has 4 nitrogen and oxygen atoms in total. The molecule has 0 aliphatic carbocycles. The molecule has 0 aliphatic rings. The Hall–Kier alpha value is -2.75. The van der Waals surface area contributed by atoms with Crippen molar-refractivity contribution in [2.24, 2.45) is 0 Å². The first kappa shape index (κ1) is 18.6. The van der Waals surface area contributed by atoms with Crippen LogP contribution in [0.25, 0.3) is 0 Å². The van der Waals surface area contributed by atoms with E-state index in [-0.39, 0.29) is 5.78 Å². The lowest BCUT2D eigenvalue weighted by Gasteiger charge is -2.08. The molecule has 2 aromatic carbocycles. The quantitative estimate of drug-likeness (QED) is 0.397. The molecule has 0 heterocycles. The fraction of sp³-hybridized carbons (Fsp3) is 0.286. The molecule has 132 valence electrons. The summed E-state index contributed by atoms with van der Waals surface area (Å²) in [7, 11) is 1.62. The molecular formula is C21H25NO3. The minimum absolute atomic E-state index is 0.0702. The zero-order chi connectivity index (χ0) is 18.1. The van der Waals surface area contributed by atoms with E-state index in [2.05, 4.69) is 12.2 Å². The number of carbonyl (C=O) groups excluding carboxylic acids is 1. The number of allylic oxidation sites excluding steroid dienone is 1. The summed E-state index contributed by atoms with van der Waals surface area (Å²) in [5.41, 5.74) is 2.56. The second-order valence-corrected chi connectivity index (χ2v) is 5.77. The Labute approximate surface area is 149 Å². The van der Waals surface area contributed by atoms with Gasteiger partial charge in [-0.05, 0) is 55.3 Å². The molecule has 0 aliphatic heterocycles. The lowest BCUT2D eigenvalue weighted by atomic mass is 10.1. The van der Waals surface area contributed by atoms with Gasteiger partial charge in [-0.15, -0.1) is 0 Å². The van der Waals surface area contributed by atoms with Crippen LogP contribution in [-0.2, 0) is 0 Å².